The molecule has 1 aromatic rings. The maximum atomic E-state index is 5.79. The van der Waals surface area contributed by atoms with Crippen LogP contribution in [0.4, 0.5) is 5.82 Å². The molecule has 0 unspecified atom stereocenters. The van der Waals surface area contributed by atoms with Crippen LogP contribution in [0.5, 0.6) is 5.88 Å². The second-order valence-corrected chi connectivity index (χ2v) is 4.64. The summed E-state index contributed by atoms with van der Waals surface area (Å²) >= 11 is 0. The van der Waals surface area contributed by atoms with E-state index in [9.17, 15) is 0 Å². The summed E-state index contributed by atoms with van der Waals surface area (Å²) in [4.78, 5) is 11.2. The summed E-state index contributed by atoms with van der Waals surface area (Å²) in [6.07, 6.45) is 1.95. The molecule has 0 radical (unpaired) electrons. The summed E-state index contributed by atoms with van der Waals surface area (Å²) in [5.74, 6) is 1.54. The highest BCUT2D eigenvalue weighted by Crippen LogP contribution is 2.21. The van der Waals surface area contributed by atoms with Crippen molar-refractivity contribution in [2.24, 2.45) is 0 Å². The van der Waals surface area contributed by atoms with Gasteiger partial charge < -0.3 is 19.7 Å². The number of nitrogens with zero attached hydrogens (tertiary/aromatic N) is 3. The fourth-order valence-electron chi connectivity index (χ4n) is 2.17. The molecule has 3 heterocycles. The Hall–Kier alpha value is -1.40. The summed E-state index contributed by atoms with van der Waals surface area (Å²) in [6, 6.07) is 0. The van der Waals surface area contributed by atoms with E-state index in [1.54, 1.807) is 0 Å². The van der Waals surface area contributed by atoms with Crippen LogP contribution < -0.4 is 15.0 Å². The summed E-state index contributed by atoms with van der Waals surface area (Å²) in [7, 11) is 0. The monoisotopic (exact) mass is 250 g/mol. The van der Waals surface area contributed by atoms with Gasteiger partial charge in [0, 0.05) is 26.2 Å². The van der Waals surface area contributed by atoms with Crippen molar-refractivity contribution < 1.29 is 9.47 Å². The van der Waals surface area contributed by atoms with E-state index in [4.69, 9.17) is 9.47 Å². The smallest absolute Gasteiger partial charge is 0.239 e. The number of ether oxygens (including phenoxy) is 2. The predicted octanol–water partition coefficient (Wildman–Crippen LogP) is 0.184. The van der Waals surface area contributed by atoms with Crippen molar-refractivity contribution in [3.8, 4) is 5.88 Å². The molecule has 0 bridgehead atoms. The average molecular weight is 250 g/mol. The molecule has 6 heteroatoms. The Labute approximate surface area is 106 Å². The Balaban J connectivity index is 1.84. The van der Waals surface area contributed by atoms with Crippen LogP contribution in [0.3, 0.4) is 0 Å². The highest BCUT2D eigenvalue weighted by molar-refractivity contribution is 5.40. The third-order valence-electron chi connectivity index (χ3n) is 3.17. The Morgan fingerprint density at radius 3 is 3.06 bits per heavy atom. The average Bonchev–Trinajstić information content (AvgIpc) is 2.59. The van der Waals surface area contributed by atoms with Crippen molar-refractivity contribution in [2.75, 3.05) is 37.7 Å². The summed E-state index contributed by atoms with van der Waals surface area (Å²) in [5.41, 5.74) is 0.886. The maximum absolute atomic E-state index is 5.79. The van der Waals surface area contributed by atoms with Crippen LogP contribution in [0.15, 0.2) is 6.20 Å². The van der Waals surface area contributed by atoms with Crippen LogP contribution >= 0.6 is 0 Å². The molecule has 1 atom stereocenters. The number of hydrogen-bond donors (Lipinski definition) is 1. The molecule has 6 nitrogen and oxygen atoms in total. The Kier molecular flexibility index (Phi) is 3.29. The molecule has 1 saturated heterocycles. The molecule has 2 aliphatic heterocycles. The number of anilines is 1. The second kappa shape index (κ2) is 5.07. The third kappa shape index (κ3) is 2.39. The van der Waals surface area contributed by atoms with Gasteiger partial charge in [0.05, 0.1) is 19.4 Å². The fourth-order valence-corrected chi connectivity index (χ4v) is 2.17. The Morgan fingerprint density at radius 2 is 2.22 bits per heavy atom. The van der Waals surface area contributed by atoms with Crippen LogP contribution in [0.25, 0.3) is 0 Å². The second-order valence-electron chi connectivity index (χ2n) is 4.64. The lowest BCUT2D eigenvalue weighted by Gasteiger charge is -2.27. The van der Waals surface area contributed by atoms with Crippen molar-refractivity contribution in [3.63, 3.8) is 0 Å². The minimum atomic E-state index is 0.125. The largest absolute Gasteiger partial charge is 0.472 e. The number of rotatable bonds is 1. The molecule has 98 valence electrons. The number of morpholine rings is 1. The van der Waals surface area contributed by atoms with Gasteiger partial charge in [0.2, 0.25) is 5.88 Å². The van der Waals surface area contributed by atoms with E-state index in [0.29, 0.717) is 5.88 Å². The number of hydrogen-bond acceptors (Lipinski definition) is 6. The van der Waals surface area contributed by atoms with Gasteiger partial charge in [-0.25, -0.2) is 0 Å². The van der Waals surface area contributed by atoms with Crippen molar-refractivity contribution in [3.05, 3.63) is 11.9 Å². The number of fused-ring (bicyclic) bond motifs is 1. The van der Waals surface area contributed by atoms with Crippen molar-refractivity contribution in [2.45, 2.75) is 19.6 Å². The fraction of sp³-hybridized carbons (Fsp3) is 0.667. The van der Waals surface area contributed by atoms with Crippen molar-refractivity contribution in [1.29, 1.82) is 0 Å². The molecule has 1 aromatic heterocycles. The lowest BCUT2D eigenvalue weighted by atomic mass is 10.4. The molecule has 1 N–H and O–H groups in total. The number of nitrogens with one attached hydrogen (secondary N) is 1. The van der Waals surface area contributed by atoms with Gasteiger partial charge in [-0.05, 0) is 6.92 Å². The molecule has 3 rings (SSSR count). The molecule has 0 amide bonds. The van der Waals surface area contributed by atoms with Crippen LogP contribution in [0.1, 0.15) is 12.6 Å². The van der Waals surface area contributed by atoms with Gasteiger partial charge in [-0.3, -0.25) is 4.98 Å². The lowest BCUT2D eigenvalue weighted by Crippen LogP contribution is -2.37. The number of aromatic nitrogens is 2. The Bertz CT molecular complexity index is 421. The zero-order valence-electron chi connectivity index (χ0n) is 10.6. The summed E-state index contributed by atoms with van der Waals surface area (Å²) in [6.45, 7) is 6.80. The zero-order valence-corrected chi connectivity index (χ0v) is 10.6. The topological polar surface area (TPSA) is 59.5 Å². The lowest BCUT2D eigenvalue weighted by molar-refractivity contribution is 0.122. The van der Waals surface area contributed by atoms with Crippen molar-refractivity contribution in [1.82, 2.24) is 15.3 Å². The summed E-state index contributed by atoms with van der Waals surface area (Å²) in [5, 5.41) is 3.29. The first-order chi connectivity index (χ1) is 8.83. The molecule has 0 saturated carbocycles. The van der Waals surface area contributed by atoms with Crippen LogP contribution in [-0.2, 0) is 11.3 Å². The van der Waals surface area contributed by atoms with Crippen molar-refractivity contribution >= 4 is 5.82 Å². The quantitative estimate of drug-likeness (QED) is 0.767. The van der Waals surface area contributed by atoms with Gasteiger partial charge >= 0.3 is 0 Å². The van der Waals surface area contributed by atoms with Gasteiger partial charge in [0.15, 0.2) is 5.82 Å². The Morgan fingerprint density at radius 1 is 1.39 bits per heavy atom. The minimum absolute atomic E-state index is 0.125. The first kappa shape index (κ1) is 11.7. The van der Waals surface area contributed by atoms with Crippen LogP contribution in [0, 0.1) is 0 Å². The van der Waals surface area contributed by atoms with E-state index in [0.717, 1.165) is 50.9 Å². The molecule has 0 aromatic carbocycles. The first-order valence-electron chi connectivity index (χ1n) is 6.39. The molecule has 0 spiro atoms. The highest BCUT2D eigenvalue weighted by Gasteiger charge is 2.19. The molecule has 2 aliphatic rings. The van der Waals surface area contributed by atoms with Gasteiger partial charge in [0.1, 0.15) is 11.8 Å². The summed E-state index contributed by atoms with van der Waals surface area (Å²) < 4.78 is 11.1. The maximum Gasteiger partial charge on any atom is 0.239 e. The normalized spacial score (nSPS) is 24.1. The van der Waals surface area contributed by atoms with Crippen LogP contribution in [0.2, 0.25) is 0 Å². The third-order valence-corrected chi connectivity index (χ3v) is 3.17. The van der Waals surface area contributed by atoms with E-state index in [1.807, 2.05) is 13.1 Å². The molecular weight excluding hydrogens is 232 g/mol. The zero-order chi connectivity index (χ0) is 12.4. The molecular formula is C12H18N4O2. The highest BCUT2D eigenvalue weighted by atomic mass is 16.5. The van der Waals surface area contributed by atoms with Gasteiger partial charge in [-0.1, -0.05) is 0 Å². The van der Waals surface area contributed by atoms with Crippen LogP contribution in [-0.4, -0.2) is 48.9 Å². The minimum Gasteiger partial charge on any atom is -0.472 e. The van der Waals surface area contributed by atoms with E-state index in [1.165, 1.54) is 0 Å². The van der Waals surface area contributed by atoms with E-state index in [-0.39, 0.29) is 6.10 Å². The van der Waals surface area contributed by atoms with E-state index < -0.39 is 0 Å². The van der Waals surface area contributed by atoms with E-state index in [2.05, 4.69) is 20.2 Å². The van der Waals surface area contributed by atoms with Gasteiger partial charge in [-0.15, -0.1) is 0 Å². The molecule has 0 aliphatic carbocycles. The SMILES string of the molecule is C[C@H]1CNCc2ncc(N3CCOCC3)nc2O1. The first-order valence-corrected chi connectivity index (χ1v) is 6.39. The van der Waals surface area contributed by atoms with Gasteiger partial charge in [0.25, 0.3) is 0 Å². The van der Waals surface area contributed by atoms with E-state index >= 15 is 0 Å². The molecule has 1 fully saturated rings. The predicted molar refractivity (Wildman–Crippen MR) is 66.9 cm³/mol. The molecule has 18 heavy (non-hydrogen) atoms. The standard InChI is InChI=1S/C12H18N4O2/c1-9-6-13-7-10-12(18-9)15-11(8-14-10)16-2-4-17-5-3-16/h8-9,13H,2-7H2,1H3/t9-/m0/s1. The van der Waals surface area contributed by atoms with Gasteiger partial charge in [-0.2, -0.15) is 4.98 Å².